The van der Waals surface area contributed by atoms with Crippen LogP contribution >= 0.6 is 0 Å². The van der Waals surface area contributed by atoms with Crippen molar-refractivity contribution in [2.45, 2.75) is 51.6 Å². The van der Waals surface area contributed by atoms with Gasteiger partial charge in [0.05, 0.1) is 29.7 Å². The van der Waals surface area contributed by atoms with Gasteiger partial charge in [0.2, 0.25) is 0 Å². The Morgan fingerprint density at radius 2 is 2.03 bits per heavy atom. The van der Waals surface area contributed by atoms with Gasteiger partial charge in [-0.25, -0.2) is 4.68 Å². The van der Waals surface area contributed by atoms with Gasteiger partial charge in [-0.2, -0.15) is 5.10 Å². The monoisotopic (exact) mass is 396 g/mol. The van der Waals surface area contributed by atoms with E-state index in [-0.39, 0.29) is 24.5 Å². The van der Waals surface area contributed by atoms with E-state index in [0.29, 0.717) is 11.5 Å². The van der Waals surface area contributed by atoms with E-state index < -0.39 is 5.97 Å². The molecule has 0 radical (unpaired) electrons. The highest BCUT2D eigenvalue weighted by molar-refractivity contribution is 5.95. The third-order valence-corrected chi connectivity index (χ3v) is 5.99. The molecule has 0 bridgehead atoms. The molecule has 0 aliphatic heterocycles. The number of rotatable bonds is 8. The van der Waals surface area contributed by atoms with E-state index in [1.165, 1.54) is 12.8 Å². The summed E-state index contributed by atoms with van der Waals surface area (Å²) in [5.41, 5.74) is 3.47. The Morgan fingerprint density at radius 1 is 1.28 bits per heavy atom. The number of carbonyl (C=O) groups is 2. The molecule has 2 aliphatic carbocycles. The van der Waals surface area contributed by atoms with Crippen LogP contribution in [-0.4, -0.2) is 56.8 Å². The fraction of sp³-hybridized carbons (Fsp3) is 0.500. The van der Waals surface area contributed by atoms with E-state index in [1.807, 2.05) is 38.1 Å². The lowest BCUT2D eigenvalue weighted by molar-refractivity contribution is -0.139. The van der Waals surface area contributed by atoms with Crippen molar-refractivity contribution in [3.63, 3.8) is 0 Å². The Morgan fingerprint density at radius 3 is 2.69 bits per heavy atom. The summed E-state index contributed by atoms with van der Waals surface area (Å²) in [6.45, 7) is 4.88. The summed E-state index contributed by atoms with van der Waals surface area (Å²) < 4.78 is 1.79. The predicted octanol–water partition coefficient (Wildman–Crippen LogP) is 2.55. The average Bonchev–Trinajstić information content (AvgIpc) is 3.36. The highest BCUT2D eigenvalue weighted by Crippen LogP contribution is 2.34. The van der Waals surface area contributed by atoms with Gasteiger partial charge in [0.25, 0.3) is 5.91 Å². The van der Waals surface area contributed by atoms with Crippen LogP contribution in [0.5, 0.6) is 0 Å². The maximum Gasteiger partial charge on any atom is 0.317 e. The fourth-order valence-corrected chi connectivity index (χ4v) is 4.07. The summed E-state index contributed by atoms with van der Waals surface area (Å²) in [5.74, 6) is -0.243. The largest absolute Gasteiger partial charge is 0.480 e. The first kappa shape index (κ1) is 19.6. The van der Waals surface area contributed by atoms with Crippen LogP contribution in [0.25, 0.3) is 5.69 Å². The molecule has 0 atom stereocenters. The minimum atomic E-state index is -0.780. The smallest absolute Gasteiger partial charge is 0.317 e. The molecule has 154 valence electrons. The van der Waals surface area contributed by atoms with E-state index in [4.69, 9.17) is 5.11 Å². The summed E-state index contributed by atoms with van der Waals surface area (Å²) in [6.07, 6.45) is 5.63. The van der Waals surface area contributed by atoms with E-state index in [2.05, 4.69) is 15.3 Å². The second-order valence-corrected chi connectivity index (χ2v) is 8.46. The molecule has 29 heavy (non-hydrogen) atoms. The number of nitrogens with zero attached hydrogens (tertiary/aromatic N) is 3. The minimum Gasteiger partial charge on any atom is -0.480 e. The van der Waals surface area contributed by atoms with Crippen molar-refractivity contribution in [3.8, 4) is 5.69 Å². The Balaban J connectivity index is 1.35. The van der Waals surface area contributed by atoms with Crippen molar-refractivity contribution in [1.29, 1.82) is 0 Å². The lowest BCUT2D eigenvalue weighted by atomic mass is 9.85. The minimum absolute atomic E-state index is 0.0875. The van der Waals surface area contributed by atoms with E-state index in [9.17, 15) is 9.59 Å². The molecule has 2 fully saturated rings. The Hall–Kier alpha value is -2.67. The maximum absolute atomic E-state index is 12.8. The van der Waals surface area contributed by atoms with E-state index in [0.717, 1.165) is 36.3 Å². The van der Waals surface area contributed by atoms with Crippen LogP contribution in [0.15, 0.2) is 30.5 Å². The zero-order chi connectivity index (χ0) is 20.5. The van der Waals surface area contributed by atoms with Crippen LogP contribution in [0, 0.1) is 19.8 Å². The number of aromatic nitrogens is 2. The molecule has 2 aliphatic rings. The Kier molecular flexibility index (Phi) is 5.41. The number of amides is 1. The first-order chi connectivity index (χ1) is 13.9. The highest BCUT2D eigenvalue weighted by atomic mass is 16.4. The van der Waals surface area contributed by atoms with Crippen LogP contribution in [0.1, 0.15) is 47.3 Å². The zero-order valence-electron chi connectivity index (χ0n) is 17.0. The van der Waals surface area contributed by atoms with Crippen LogP contribution in [0.3, 0.4) is 0 Å². The molecule has 4 rings (SSSR count). The maximum atomic E-state index is 12.8. The highest BCUT2D eigenvalue weighted by Gasteiger charge is 2.38. The normalized spacial score (nSPS) is 21.1. The van der Waals surface area contributed by atoms with Crippen LogP contribution < -0.4 is 5.32 Å². The topological polar surface area (TPSA) is 87.5 Å². The second-order valence-electron chi connectivity index (χ2n) is 8.46. The number of nitrogens with one attached hydrogen (secondary N) is 1. The molecule has 2 saturated carbocycles. The fourth-order valence-electron chi connectivity index (χ4n) is 4.07. The molecule has 1 heterocycles. The van der Waals surface area contributed by atoms with E-state index in [1.54, 1.807) is 10.9 Å². The first-order valence-electron chi connectivity index (χ1n) is 10.3. The molecular formula is C22H28N4O3. The zero-order valence-corrected chi connectivity index (χ0v) is 17.0. The number of carbonyl (C=O) groups excluding carboxylic acids is 1. The number of aryl methyl sites for hydroxylation is 1. The van der Waals surface area contributed by atoms with Crippen LogP contribution in [0.2, 0.25) is 0 Å². The van der Waals surface area contributed by atoms with Crippen LogP contribution in [0.4, 0.5) is 0 Å². The van der Waals surface area contributed by atoms with Gasteiger partial charge < -0.3 is 10.4 Å². The van der Waals surface area contributed by atoms with Crippen molar-refractivity contribution in [3.05, 3.63) is 47.3 Å². The molecule has 7 heteroatoms. The molecule has 0 unspecified atom stereocenters. The van der Waals surface area contributed by atoms with Crippen molar-refractivity contribution < 1.29 is 14.7 Å². The first-order valence-corrected chi connectivity index (χ1v) is 10.3. The molecule has 0 spiro atoms. The number of aliphatic carboxylic acids is 1. The average molecular weight is 396 g/mol. The Labute approximate surface area is 170 Å². The van der Waals surface area contributed by atoms with Crippen LogP contribution in [-0.2, 0) is 4.79 Å². The quantitative estimate of drug-likeness (QED) is 0.716. The van der Waals surface area contributed by atoms with Gasteiger partial charge in [0.1, 0.15) is 0 Å². The summed E-state index contributed by atoms with van der Waals surface area (Å²) in [6, 6.07) is 8.35. The van der Waals surface area contributed by atoms with Gasteiger partial charge >= 0.3 is 5.97 Å². The number of benzene rings is 1. The number of carboxylic acid groups (broad SMARTS) is 1. The standard InChI is InChI=1S/C22H28N4O3/c1-14-4-3-5-18(8-14)26-15(2)20(11-23-26)22(29)24-17-9-19(10-17)25(13-21(27)28)12-16-6-7-16/h3-5,8,11,16-17,19H,6-7,9-10,12-13H2,1-2H3,(H,24,29)(H,27,28). The summed E-state index contributed by atoms with van der Waals surface area (Å²) in [7, 11) is 0. The lowest BCUT2D eigenvalue weighted by Crippen LogP contribution is -2.55. The number of hydrogen-bond donors (Lipinski definition) is 2. The molecule has 1 aromatic carbocycles. The van der Waals surface area contributed by atoms with Crippen molar-refractivity contribution >= 4 is 11.9 Å². The number of hydrogen-bond acceptors (Lipinski definition) is 4. The summed E-state index contributed by atoms with van der Waals surface area (Å²) in [4.78, 5) is 26.0. The van der Waals surface area contributed by atoms with Crippen molar-refractivity contribution in [1.82, 2.24) is 20.0 Å². The van der Waals surface area contributed by atoms with Gasteiger partial charge in [0, 0.05) is 18.6 Å². The molecule has 1 amide bonds. The lowest BCUT2D eigenvalue weighted by Gasteiger charge is -2.42. The van der Waals surface area contributed by atoms with Gasteiger partial charge in [-0.05, 0) is 63.1 Å². The van der Waals surface area contributed by atoms with E-state index >= 15 is 0 Å². The molecule has 2 aromatic rings. The molecule has 2 N–H and O–H groups in total. The van der Waals surface area contributed by atoms with Gasteiger partial charge in [0.15, 0.2) is 0 Å². The molecule has 7 nitrogen and oxygen atoms in total. The SMILES string of the molecule is Cc1cccc(-n2ncc(C(=O)NC3CC(N(CC(=O)O)CC4CC4)C3)c2C)c1. The van der Waals surface area contributed by atoms with Crippen molar-refractivity contribution in [2.24, 2.45) is 5.92 Å². The molecule has 0 saturated heterocycles. The van der Waals surface area contributed by atoms with Gasteiger partial charge in [-0.3, -0.25) is 14.5 Å². The Bertz CT molecular complexity index is 913. The third kappa shape index (κ3) is 4.50. The summed E-state index contributed by atoms with van der Waals surface area (Å²) in [5, 5.41) is 16.7. The van der Waals surface area contributed by atoms with Gasteiger partial charge in [-0.1, -0.05) is 12.1 Å². The molecule has 1 aromatic heterocycles. The summed E-state index contributed by atoms with van der Waals surface area (Å²) >= 11 is 0. The predicted molar refractivity (Wildman–Crippen MR) is 109 cm³/mol. The molecular weight excluding hydrogens is 368 g/mol. The third-order valence-electron chi connectivity index (χ3n) is 5.99. The number of carboxylic acids is 1. The van der Waals surface area contributed by atoms with Crippen molar-refractivity contribution in [2.75, 3.05) is 13.1 Å². The second kappa shape index (κ2) is 7.99. The van der Waals surface area contributed by atoms with Gasteiger partial charge in [-0.15, -0.1) is 0 Å².